The second-order valence-corrected chi connectivity index (χ2v) is 4.43. The quantitative estimate of drug-likeness (QED) is 0.376. The number of fused-ring (bicyclic) bond motifs is 1. The zero-order chi connectivity index (χ0) is 17.4. The lowest BCUT2D eigenvalue weighted by molar-refractivity contribution is -0.384. The summed E-state index contributed by atoms with van der Waals surface area (Å²) in [5.41, 5.74) is -1.26. The Morgan fingerprint density at radius 2 is 1.96 bits per heavy atom. The third kappa shape index (κ3) is 2.29. The number of esters is 1. The van der Waals surface area contributed by atoms with Crippen molar-refractivity contribution < 1.29 is 19.4 Å². The lowest BCUT2D eigenvalue weighted by atomic mass is 10.3. The average Bonchev–Trinajstić information content (AvgIpc) is 3.17. The minimum Gasteiger partial charge on any atom is -0.464 e. The first-order chi connectivity index (χ1) is 11.4. The molecule has 3 aromatic heterocycles. The zero-order valence-electron chi connectivity index (χ0n) is 11.9. The van der Waals surface area contributed by atoms with Crippen LogP contribution in [-0.2, 0) is 4.74 Å². The van der Waals surface area contributed by atoms with Gasteiger partial charge < -0.3 is 4.74 Å². The number of methoxy groups -OCH3 is 1. The van der Waals surface area contributed by atoms with Crippen LogP contribution in [0.4, 0.5) is 11.4 Å². The molecule has 3 aromatic rings. The normalized spacial score (nSPS) is 10.7. The average molecular weight is 333 g/mol. The molecule has 0 radical (unpaired) electrons. The first-order valence-corrected chi connectivity index (χ1v) is 6.23. The topological polar surface area (TPSA) is 161 Å². The highest BCUT2D eigenvalue weighted by Gasteiger charge is 2.30. The van der Waals surface area contributed by atoms with Crippen LogP contribution in [0.5, 0.6) is 0 Å². The van der Waals surface area contributed by atoms with Gasteiger partial charge in [-0.1, -0.05) is 0 Å². The van der Waals surface area contributed by atoms with Gasteiger partial charge in [-0.2, -0.15) is 10.2 Å². The number of carbonyl (C=O) groups is 1. The minimum absolute atomic E-state index is 0.175. The van der Waals surface area contributed by atoms with Crippen LogP contribution in [0.3, 0.4) is 0 Å². The van der Waals surface area contributed by atoms with Crippen LogP contribution >= 0.6 is 0 Å². The van der Waals surface area contributed by atoms with Crippen LogP contribution in [0.25, 0.3) is 11.3 Å². The number of nitro groups is 2. The predicted molar refractivity (Wildman–Crippen MR) is 74.8 cm³/mol. The second-order valence-electron chi connectivity index (χ2n) is 4.43. The van der Waals surface area contributed by atoms with Crippen molar-refractivity contribution in [3.05, 3.63) is 50.7 Å². The Morgan fingerprint density at radius 3 is 2.54 bits per heavy atom. The Bertz CT molecular complexity index is 990. The maximum atomic E-state index is 11.6. The zero-order valence-corrected chi connectivity index (χ0v) is 11.9. The van der Waals surface area contributed by atoms with Gasteiger partial charge in [-0.05, 0) is 0 Å². The molecule has 0 saturated carbocycles. The van der Waals surface area contributed by atoms with Crippen LogP contribution in [0, 0.1) is 20.2 Å². The van der Waals surface area contributed by atoms with E-state index in [2.05, 4.69) is 19.9 Å². The molecule has 0 N–H and O–H groups in total. The highest BCUT2D eigenvalue weighted by atomic mass is 16.6. The van der Waals surface area contributed by atoms with Gasteiger partial charge in [0.2, 0.25) is 11.3 Å². The molecule has 0 bridgehead atoms. The molecule has 0 aliphatic carbocycles. The van der Waals surface area contributed by atoms with E-state index in [4.69, 9.17) is 0 Å². The van der Waals surface area contributed by atoms with Crippen molar-refractivity contribution in [3.63, 3.8) is 0 Å². The molecule has 0 aliphatic heterocycles. The third-order valence-electron chi connectivity index (χ3n) is 3.04. The lowest BCUT2D eigenvalue weighted by Crippen LogP contribution is -2.05. The van der Waals surface area contributed by atoms with E-state index in [1.807, 2.05) is 0 Å². The van der Waals surface area contributed by atoms with Crippen LogP contribution in [0.1, 0.15) is 10.5 Å². The summed E-state index contributed by atoms with van der Waals surface area (Å²) in [6, 6.07) is 0. The molecule has 13 nitrogen and oxygen atoms in total. The first kappa shape index (κ1) is 15.0. The highest BCUT2D eigenvalue weighted by molar-refractivity contribution is 5.94. The highest BCUT2D eigenvalue weighted by Crippen LogP contribution is 2.24. The molecule has 24 heavy (non-hydrogen) atoms. The van der Waals surface area contributed by atoms with E-state index in [0.717, 1.165) is 28.7 Å². The van der Waals surface area contributed by atoms with Crippen molar-refractivity contribution in [1.82, 2.24) is 24.4 Å². The fourth-order valence-electron chi connectivity index (χ4n) is 1.98. The predicted octanol–water partition coefficient (Wildman–Crippen LogP) is 0.518. The van der Waals surface area contributed by atoms with Gasteiger partial charge in [0.25, 0.3) is 0 Å². The van der Waals surface area contributed by atoms with Crippen molar-refractivity contribution in [3.8, 4) is 5.69 Å². The molecule has 122 valence electrons. The summed E-state index contributed by atoms with van der Waals surface area (Å²) in [6.45, 7) is 0. The summed E-state index contributed by atoms with van der Waals surface area (Å²) >= 11 is 0. The Labute approximate surface area is 131 Å². The van der Waals surface area contributed by atoms with Gasteiger partial charge in [0.15, 0.2) is 0 Å². The lowest BCUT2D eigenvalue weighted by Gasteiger charge is -1.99. The van der Waals surface area contributed by atoms with Gasteiger partial charge in [0.05, 0.1) is 29.4 Å². The number of aromatic nitrogens is 5. The van der Waals surface area contributed by atoms with Crippen LogP contribution in [0.15, 0.2) is 24.8 Å². The largest absolute Gasteiger partial charge is 0.464 e. The minimum atomic E-state index is -0.983. The van der Waals surface area contributed by atoms with Crippen molar-refractivity contribution in [2.24, 2.45) is 0 Å². The standard InChI is InChI=1S/C11H7N7O6/c1-24-11(19)8-9(18(22)23)10-12-2-6(4-16(10)14-8)15-5-7(3-13-15)17(20)21/h2-5H,1H3. The van der Waals surface area contributed by atoms with E-state index in [1.165, 1.54) is 12.4 Å². The number of rotatable bonds is 4. The molecule has 0 fully saturated rings. The number of hydrogen-bond donors (Lipinski definition) is 0. The molecule has 0 amide bonds. The summed E-state index contributed by atoms with van der Waals surface area (Å²) in [6.07, 6.45) is 4.68. The monoisotopic (exact) mass is 333 g/mol. The van der Waals surface area contributed by atoms with Gasteiger partial charge in [-0.15, -0.1) is 0 Å². The number of nitrogens with zero attached hydrogens (tertiary/aromatic N) is 7. The van der Waals surface area contributed by atoms with Crippen molar-refractivity contribution in [1.29, 1.82) is 0 Å². The maximum absolute atomic E-state index is 11.6. The van der Waals surface area contributed by atoms with E-state index in [9.17, 15) is 25.0 Å². The Kier molecular flexibility index (Phi) is 3.37. The molecule has 0 saturated heterocycles. The van der Waals surface area contributed by atoms with Crippen molar-refractivity contribution >= 4 is 23.0 Å². The Balaban J connectivity index is 2.16. The fraction of sp³-hybridized carbons (Fsp3) is 0.0909. The second kappa shape index (κ2) is 5.38. The summed E-state index contributed by atoms with van der Waals surface area (Å²) in [5.74, 6) is -0.983. The summed E-state index contributed by atoms with van der Waals surface area (Å²) in [4.78, 5) is 35.9. The molecule has 0 spiro atoms. The SMILES string of the molecule is COC(=O)c1nn2cc(-n3cc([N+](=O)[O-])cn3)cnc2c1[N+](=O)[O-]. The summed E-state index contributed by atoms with van der Waals surface area (Å²) in [7, 11) is 1.07. The molecule has 0 atom stereocenters. The Hall–Kier alpha value is -3.90. The van der Waals surface area contributed by atoms with Crippen molar-refractivity contribution in [2.45, 2.75) is 0 Å². The van der Waals surface area contributed by atoms with Gasteiger partial charge in [-0.25, -0.2) is 19.0 Å². The van der Waals surface area contributed by atoms with Crippen LogP contribution in [0.2, 0.25) is 0 Å². The van der Waals surface area contributed by atoms with E-state index in [-0.39, 0.29) is 17.0 Å². The van der Waals surface area contributed by atoms with Gasteiger partial charge in [0, 0.05) is 0 Å². The summed E-state index contributed by atoms with van der Waals surface area (Å²) in [5, 5.41) is 29.4. The number of hydrogen-bond acceptors (Lipinski definition) is 9. The van der Waals surface area contributed by atoms with Gasteiger partial charge in [-0.3, -0.25) is 20.2 Å². The molecule has 0 unspecified atom stereocenters. The van der Waals surface area contributed by atoms with Crippen LogP contribution in [-0.4, -0.2) is 47.3 Å². The number of carbonyl (C=O) groups excluding carboxylic acids is 1. The first-order valence-electron chi connectivity index (χ1n) is 6.23. The van der Waals surface area contributed by atoms with Gasteiger partial charge in [0.1, 0.15) is 18.1 Å². The number of ether oxygens (including phenoxy) is 1. The van der Waals surface area contributed by atoms with Gasteiger partial charge >= 0.3 is 17.3 Å². The maximum Gasteiger partial charge on any atom is 0.365 e. The molecular formula is C11H7N7O6. The molecule has 13 heteroatoms. The molecular weight excluding hydrogens is 326 g/mol. The van der Waals surface area contributed by atoms with Crippen LogP contribution < -0.4 is 0 Å². The van der Waals surface area contributed by atoms with E-state index >= 15 is 0 Å². The van der Waals surface area contributed by atoms with E-state index in [0.29, 0.717) is 0 Å². The molecule has 3 rings (SSSR count). The van der Waals surface area contributed by atoms with Crippen molar-refractivity contribution in [2.75, 3.05) is 7.11 Å². The smallest absolute Gasteiger partial charge is 0.365 e. The molecule has 3 heterocycles. The third-order valence-corrected chi connectivity index (χ3v) is 3.04. The summed E-state index contributed by atoms with van der Waals surface area (Å²) < 4.78 is 6.62. The molecule has 0 aliphatic rings. The fourth-order valence-corrected chi connectivity index (χ4v) is 1.98. The van der Waals surface area contributed by atoms with E-state index < -0.39 is 27.2 Å². The Morgan fingerprint density at radius 1 is 1.21 bits per heavy atom. The van der Waals surface area contributed by atoms with E-state index in [1.54, 1.807) is 0 Å². The molecule has 0 aromatic carbocycles.